The Morgan fingerprint density at radius 1 is 0.464 bits per heavy atom. The number of rotatable bonds is 5. The highest BCUT2D eigenvalue weighted by Crippen LogP contribution is 2.17. The number of benzene rings is 4. The summed E-state index contributed by atoms with van der Waals surface area (Å²) in [6.45, 7) is 49.8. The molecule has 0 nitrogen and oxygen atoms in total. The van der Waals surface area contributed by atoms with E-state index in [1.165, 1.54) is 84.0 Å². The zero-order chi connectivity index (χ0) is 44.3. The largest absolute Gasteiger partial charge is 0.0776 e. The molecule has 56 heavy (non-hydrogen) atoms. The van der Waals surface area contributed by atoms with E-state index in [1.54, 1.807) is 0 Å². The molecule has 0 N–H and O–H groups in total. The Hall–Kier alpha value is -2.60. The van der Waals surface area contributed by atoms with Crippen LogP contribution in [-0.2, 0) is 0 Å². The van der Waals surface area contributed by atoms with Gasteiger partial charge in [0.25, 0.3) is 0 Å². The SMILES string of the molecule is C.CC.CC(C)(C)C.CC(C)C.CCC.CCC(C)C.CCC(C)C.CCCC.CCCCC.Cc1ccc2ccccc2c1.Cc1cccc2ccccc12. The van der Waals surface area contributed by atoms with Crippen molar-refractivity contribution in [3.63, 3.8) is 0 Å². The average Bonchev–Trinajstić information content (AvgIpc) is 3.13. The second-order valence-electron chi connectivity index (χ2n) is 17.0. The first-order chi connectivity index (χ1) is 25.8. The molecule has 0 amide bonds. The number of hydrogen-bond acceptors (Lipinski definition) is 0. The number of hydrogen-bond donors (Lipinski definition) is 0. The molecule has 4 rings (SSSR count). The van der Waals surface area contributed by atoms with Crippen LogP contribution in [0.25, 0.3) is 21.5 Å². The number of fused-ring (bicyclic) bond motifs is 2. The Bertz CT molecular complexity index is 1220. The Morgan fingerprint density at radius 2 is 0.786 bits per heavy atom. The van der Waals surface area contributed by atoms with Gasteiger partial charge < -0.3 is 0 Å². The molecular weight excluding hydrogens is 673 g/mol. The van der Waals surface area contributed by atoms with Crippen LogP contribution >= 0.6 is 0 Å². The van der Waals surface area contributed by atoms with Gasteiger partial charge in [-0.1, -0.05) is 295 Å². The minimum absolute atomic E-state index is 0. The maximum atomic E-state index is 2.22. The molecule has 0 unspecified atom stereocenters. The van der Waals surface area contributed by atoms with Gasteiger partial charge in [-0.15, -0.1) is 0 Å². The molecular formula is C56H106. The Balaban J connectivity index is -0.0000000998. The third-order valence-electron chi connectivity index (χ3n) is 6.75. The van der Waals surface area contributed by atoms with Gasteiger partial charge in [0.2, 0.25) is 0 Å². The fourth-order valence-electron chi connectivity index (χ4n) is 3.05. The molecule has 4 aromatic rings. The predicted octanol–water partition coefficient (Wildman–Crippen LogP) is 21.2. The molecule has 0 fully saturated rings. The molecule has 0 heteroatoms. The molecule has 330 valence electrons. The fraction of sp³-hybridized carbons (Fsp3) is 0.643. The van der Waals surface area contributed by atoms with Crippen LogP contribution in [0.5, 0.6) is 0 Å². The van der Waals surface area contributed by atoms with Crippen LogP contribution in [0.15, 0.2) is 84.9 Å². The summed E-state index contributed by atoms with van der Waals surface area (Å²) in [4.78, 5) is 0. The van der Waals surface area contributed by atoms with Crippen molar-refractivity contribution in [2.24, 2.45) is 23.2 Å². The minimum atomic E-state index is 0. The monoisotopic (exact) mass is 779 g/mol. The molecule has 0 saturated carbocycles. The molecule has 0 spiro atoms. The van der Waals surface area contributed by atoms with Gasteiger partial charge >= 0.3 is 0 Å². The van der Waals surface area contributed by atoms with Crippen molar-refractivity contribution >= 4 is 21.5 Å². The van der Waals surface area contributed by atoms with Crippen LogP contribution < -0.4 is 0 Å². The molecule has 0 heterocycles. The summed E-state index contributed by atoms with van der Waals surface area (Å²) < 4.78 is 0. The lowest BCUT2D eigenvalue weighted by molar-refractivity contribution is 0.469. The van der Waals surface area contributed by atoms with E-state index in [0.717, 1.165) is 17.8 Å². The van der Waals surface area contributed by atoms with Crippen molar-refractivity contribution in [1.82, 2.24) is 0 Å². The van der Waals surface area contributed by atoms with Crippen molar-refractivity contribution in [3.05, 3.63) is 96.1 Å². The first-order valence-corrected chi connectivity index (χ1v) is 22.7. The molecule has 0 aromatic heterocycles. The van der Waals surface area contributed by atoms with Crippen LogP contribution in [0.4, 0.5) is 0 Å². The third-order valence-corrected chi connectivity index (χ3v) is 6.75. The van der Waals surface area contributed by atoms with Crippen LogP contribution in [-0.4, -0.2) is 0 Å². The average molecular weight is 779 g/mol. The van der Waals surface area contributed by atoms with Crippen molar-refractivity contribution < 1.29 is 0 Å². The van der Waals surface area contributed by atoms with Crippen LogP contribution in [0, 0.1) is 37.0 Å². The maximum absolute atomic E-state index is 2.22. The Morgan fingerprint density at radius 3 is 1.09 bits per heavy atom. The van der Waals surface area contributed by atoms with E-state index in [0.29, 0.717) is 5.41 Å². The zero-order valence-electron chi connectivity index (χ0n) is 42.0. The van der Waals surface area contributed by atoms with Gasteiger partial charge in [0, 0.05) is 0 Å². The number of aryl methyl sites for hydroxylation is 2. The lowest BCUT2D eigenvalue weighted by Gasteiger charge is -2.05. The summed E-state index contributed by atoms with van der Waals surface area (Å²) in [5, 5.41) is 5.33. The number of unbranched alkanes of at least 4 members (excludes halogenated alkanes) is 3. The normalized spacial score (nSPS) is 9.18. The second-order valence-corrected chi connectivity index (χ2v) is 17.0. The van der Waals surface area contributed by atoms with Crippen LogP contribution in [0.1, 0.15) is 215 Å². The van der Waals surface area contributed by atoms with E-state index in [4.69, 9.17) is 0 Å². The first kappa shape index (κ1) is 68.1. The molecule has 0 radical (unpaired) electrons. The molecule has 0 bridgehead atoms. The minimum Gasteiger partial charge on any atom is -0.0776 e. The van der Waals surface area contributed by atoms with E-state index < -0.39 is 0 Å². The summed E-state index contributed by atoms with van der Waals surface area (Å²) in [6, 6.07) is 29.7. The topological polar surface area (TPSA) is 0 Å². The van der Waals surface area contributed by atoms with Gasteiger partial charge in [-0.3, -0.25) is 0 Å². The quantitative estimate of drug-likeness (QED) is 0.189. The second kappa shape index (κ2) is 50.4. The maximum Gasteiger partial charge on any atom is -0.0155 e. The highest BCUT2D eigenvalue weighted by Gasteiger charge is 1.95. The van der Waals surface area contributed by atoms with E-state index in [-0.39, 0.29) is 7.43 Å². The molecule has 0 aliphatic carbocycles. The fourth-order valence-corrected chi connectivity index (χ4v) is 3.05. The van der Waals surface area contributed by atoms with Gasteiger partial charge in [0.15, 0.2) is 0 Å². The molecule has 4 aromatic carbocycles. The van der Waals surface area contributed by atoms with Crippen molar-refractivity contribution in [1.29, 1.82) is 0 Å². The lowest BCUT2D eigenvalue weighted by atomic mass is 10.0. The summed E-state index contributed by atoms with van der Waals surface area (Å²) >= 11 is 0. The summed E-state index contributed by atoms with van der Waals surface area (Å²) in [7, 11) is 0. The zero-order valence-corrected chi connectivity index (χ0v) is 42.0. The van der Waals surface area contributed by atoms with E-state index >= 15 is 0 Å². The van der Waals surface area contributed by atoms with E-state index in [2.05, 4.69) is 230 Å². The van der Waals surface area contributed by atoms with Gasteiger partial charge in [-0.05, 0) is 64.1 Å². The summed E-state index contributed by atoms with van der Waals surface area (Å²) in [5.41, 5.74) is 3.17. The van der Waals surface area contributed by atoms with Crippen LogP contribution in [0.3, 0.4) is 0 Å². The Kier molecular flexibility index (Phi) is 61.3. The van der Waals surface area contributed by atoms with Gasteiger partial charge in [0.05, 0.1) is 0 Å². The molecule has 0 aliphatic rings. The molecule has 0 saturated heterocycles. The van der Waals surface area contributed by atoms with E-state index in [1.807, 2.05) is 13.8 Å². The van der Waals surface area contributed by atoms with Crippen molar-refractivity contribution in [2.45, 2.75) is 218 Å². The third kappa shape index (κ3) is 63.3. The highest BCUT2D eigenvalue weighted by molar-refractivity contribution is 5.85. The lowest BCUT2D eigenvalue weighted by Crippen LogP contribution is -1.93. The van der Waals surface area contributed by atoms with Crippen molar-refractivity contribution in [3.8, 4) is 0 Å². The van der Waals surface area contributed by atoms with Crippen molar-refractivity contribution in [2.75, 3.05) is 0 Å². The highest BCUT2D eigenvalue weighted by atomic mass is 14.0. The molecule has 0 atom stereocenters. The summed E-state index contributed by atoms with van der Waals surface area (Å²) in [6.07, 6.45) is 10.6. The predicted molar refractivity (Wildman–Crippen MR) is 273 cm³/mol. The standard InChI is InChI=1S/2C11H10.4C5H12.2C4H10.C3H8.C2H6.CH4/c1-9-5-4-7-10-6-2-3-8-11(9)10;1-9-6-7-10-4-2-3-5-11(10)8-9;1-5(2,3)4;2*1-4-5(2)3;1-3-5-4-2;1-4(2)3;1-3-4-2;1-3-2;1-2;/h2*2-8H,1H3;1-4H3;2*5H,4H2,1-3H3;3-5H2,1-2H3;4H,1-3H3;3-4H2,1-2H3;3H2,1-2H3;1-2H3;1H4. The smallest absolute Gasteiger partial charge is 0.0155 e. The first-order valence-electron chi connectivity index (χ1n) is 22.7. The molecule has 0 aliphatic heterocycles. The van der Waals surface area contributed by atoms with Gasteiger partial charge in [-0.25, -0.2) is 0 Å². The van der Waals surface area contributed by atoms with Crippen LogP contribution in [0.2, 0.25) is 0 Å². The van der Waals surface area contributed by atoms with Gasteiger partial charge in [0.1, 0.15) is 0 Å². The van der Waals surface area contributed by atoms with Gasteiger partial charge in [-0.2, -0.15) is 0 Å². The van der Waals surface area contributed by atoms with E-state index in [9.17, 15) is 0 Å². The summed E-state index contributed by atoms with van der Waals surface area (Å²) in [5.74, 6) is 2.60. The Labute approximate surface area is 357 Å².